The van der Waals surface area contributed by atoms with E-state index in [0.29, 0.717) is 12.5 Å². The Morgan fingerprint density at radius 3 is 2.92 bits per heavy atom. The van der Waals surface area contributed by atoms with Crippen molar-refractivity contribution in [3.8, 4) is 0 Å². The maximum Gasteiger partial charge on any atom is 0.191 e. The highest BCUT2D eigenvalue weighted by Crippen LogP contribution is 2.30. The lowest BCUT2D eigenvalue weighted by Crippen LogP contribution is -2.39. The molecule has 0 radical (unpaired) electrons. The molecule has 1 aromatic carbocycles. The fourth-order valence-corrected chi connectivity index (χ4v) is 3.24. The Kier molecular flexibility index (Phi) is 7.67. The maximum atomic E-state index is 4.63. The molecule has 1 aliphatic carbocycles. The minimum Gasteiger partial charge on any atom is -0.357 e. The maximum absolute atomic E-state index is 4.63. The molecule has 1 heterocycles. The number of guanidine groups is 1. The average molecular weight is 454 g/mol. The Morgan fingerprint density at radius 1 is 1.32 bits per heavy atom. The van der Waals surface area contributed by atoms with E-state index in [2.05, 4.69) is 56.9 Å². The molecule has 1 atom stereocenters. The van der Waals surface area contributed by atoms with Crippen molar-refractivity contribution in [1.82, 2.24) is 25.4 Å². The Hall–Kier alpha value is -1.64. The first-order chi connectivity index (χ1) is 11.8. The molecule has 25 heavy (non-hydrogen) atoms. The van der Waals surface area contributed by atoms with Crippen LogP contribution < -0.4 is 10.6 Å². The van der Waals surface area contributed by atoms with Crippen LogP contribution in [0.25, 0.3) is 0 Å². The highest BCUT2D eigenvalue weighted by atomic mass is 127. The summed E-state index contributed by atoms with van der Waals surface area (Å²) >= 11 is 0. The molecule has 3 rings (SSSR count). The Morgan fingerprint density at radius 2 is 2.16 bits per heavy atom. The predicted molar refractivity (Wildman–Crippen MR) is 111 cm³/mol. The number of fused-ring (bicyclic) bond motifs is 1. The van der Waals surface area contributed by atoms with Crippen molar-refractivity contribution in [2.75, 3.05) is 13.1 Å². The zero-order valence-electron chi connectivity index (χ0n) is 14.9. The summed E-state index contributed by atoms with van der Waals surface area (Å²) in [6.07, 6.45) is 5.25. The number of aliphatic imine (C=N–C) groups is 1. The zero-order chi connectivity index (χ0) is 16.8. The molecule has 0 bridgehead atoms. The van der Waals surface area contributed by atoms with E-state index in [1.165, 1.54) is 30.4 Å². The summed E-state index contributed by atoms with van der Waals surface area (Å²) in [5, 5.41) is 10.9. The van der Waals surface area contributed by atoms with Gasteiger partial charge in [-0.1, -0.05) is 24.3 Å². The average Bonchev–Trinajstić information content (AvgIpc) is 3.02. The first-order valence-corrected chi connectivity index (χ1v) is 8.70. The smallest absolute Gasteiger partial charge is 0.191 e. The van der Waals surface area contributed by atoms with E-state index < -0.39 is 0 Å². The van der Waals surface area contributed by atoms with Gasteiger partial charge >= 0.3 is 0 Å². The van der Waals surface area contributed by atoms with Gasteiger partial charge in [-0.25, -0.2) is 9.98 Å². The standard InChI is InChI=1S/C18H26N6.HI/c1-3-19-18(21-12-17-22-13-23-24(17)2)20-11-15-9-6-8-14-7-4-5-10-16(14)15;/h4-5,7,10,13,15H,3,6,8-9,11-12H2,1-2H3,(H2,19,20,21);1H. The van der Waals surface area contributed by atoms with Gasteiger partial charge in [0.2, 0.25) is 0 Å². The van der Waals surface area contributed by atoms with Crippen LogP contribution in [0.4, 0.5) is 0 Å². The molecule has 0 saturated heterocycles. The van der Waals surface area contributed by atoms with Gasteiger partial charge in [0.1, 0.15) is 18.7 Å². The van der Waals surface area contributed by atoms with Gasteiger partial charge in [-0.15, -0.1) is 24.0 Å². The first-order valence-electron chi connectivity index (χ1n) is 8.70. The number of rotatable bonds is 5. The van der Waals surface area contributed by atoms with E-state index in [4.69, 9.17) is 0 Å². The number of halogens is 1. The van der Waals surface area contributed by atoms with Crippen LogP contribution in [0.1, 0.15) is 42.6 Å². The van der Waals surface area contributed by atoms with Gasteiger partial charge in [0.25, 0.3) is 0 Å². The monoisotopic (exact) mass is 454 g/mol. The van der Waals surface area contributed by atoms with E-state index >= 15 is 0 Å². The second kappa shape index (κ2) is 9.74. The largest absolute Gasteiger partial charge is 0.357 e. The van der Waals surface area contributed by atoms with Crippen molar-refractivity contribution < 1.29 is 0 Å². The van der Waals surface area contributed by atoms with Crippen LogP contribution >= 0.6 is 24.0 Å². The third-order valence-corrected chi connectivity index (χ3v) is 4.54. The van der Waals surface area contributed by atoms with Gasteiger partial charge < -0.3 is 10.6 Å². The molecule has 0 fully saturated rings. The number of nitrogens with zero attached hydrogens (tertiary/aromatic N) is 4. The lowest BCUT2D eigenvalue weighted by molar-refractivity contribution is 0.539. The fraction of sp³-hybridized carbons (Fsp3) is 0.500. The molecular weight excluding hydrogens is 427 g/mol. The van der Waals surface area contributed by atoms with Crippen LogP contribution in [-0.4, -0.2) is 33.8 Å². The van der Waals surface area contributed by atoms with Crippen molar-refractivity contribution in [1.29, 1.82) is 0 Å². The molecule has 7 heteroatoms. The molecule has 136 valence electrons. The van der Waals surface area contributed by atoms with Gasteiger partial charge in [0.05, 0.1) is 0 Å². The topological polar surface area (TPSA) is 67.1 Å². The number of aromatic nitrogens is 3. The van der Waals surface area contributed by atoms with Gasteiger partial charge in [0.15, 0.2) is 5.96 Å². The molecule has 6 nitrogen and oxygen atoms in total. The summed E-state index contributed by atoms with van der Waals surface area (Å²) < 4.78 is 1.75. The van der Waals surface area contributed by atoms with Crippen LogP contribution in [0.15, 0.2) is 35.6 Å². The summed E-state index contributed by atoms with van der Waals surface area (Å²) in [7, 11) is 1.89. The van der Waals surface area contributed by atoms with Crippen molar-refractivity contribution >= 4 is 29.9 Å². The Balaban J connectivity index is 0.00000225. The number of hydrogen-bond donors (Lipinski definition) is 2. The van der Waals surface area contributed by atoms with Crippen molar-refractivity contribution in [3.05, 3.63) is 47.5 Å². The third kappa shape index (κ3) is 5.17. The van der Waals surface area contributed by atoms with E-state index in [-0.39, 0.29) is 24.0 Å². The summed E-state index contributed by atoms with van der Waals surface area (Å²) in [6, 6.07) is 8.81. The van der Waals surface area contributed by atoms with Crippen LogP contribution in [0.3, 0.4) is 0 Å². The van der Waals surface area contributed by atoms with Gasteiger partial charge in [0, 0.05) is 26.1 Å². The molecule has 2 N–H and O–H groups in total. The normalized spacial score (nSPS) is 16.7. The SMILES string of the molecule is CCNC(=NCc1ncnn1C)NCC1CCCc2ccccc21.I. The molecule has 0 aliphatic heterocycles. The van der Waals surface area contributed by atoms with E-state index in [1.54, 1.807) is 11.0 Å². The van der Waals surface area contributed by atoms with Crippen LogP contribution in [-0.2, 0) is 20.0 Å². The molecule has 0 spiro atoms. The van der Waals surface area contributed by atoms with Crippen molar-refractivity contribution in [3.63, 3.8) is 0 Å². The number of nitrogens with one attached hydrogen (secondary N) is 2. The number of benzene rings is 1. The third-order valence-electron chi connectivity index (χ3n) is 4.54. The van der Waals surface area contributed by atoms with Crippen LogP contribution in [0.2, 0.25) is 0 Å². The molecule has 0 saturated carbocycles. The second-order valence-corrected chi connectivity index (χ2v) is 6.16. The lowest BCUT2D eigenvalue weighted by atomic mass is 9.83. The van der Waals surface area contributed by atoms with E-state index in [9.17, 15) is 0 Å². The lowest BCUT2D eigenvalue weighted by Gasteiger charge is -2.26. The zero-order valence-corrected chi connectivity index (χ0v) is 17.2. The molecular formula is C18H27IN6. The van der Waals surface area contributed by atoms with Crippen LogP contribution in [0, 0.1) is 0 Å². The van der Waals surface area contributed by atoms with Gasteiger partial charge in [-0.05, 0) is 37.3 Å². The predicted octanol–water partition coefficient (Wildman–Crippen LogP) is 2.61. The van der Waals surface area contributed by atoms with Crippen molar-refractivity contribution in [2.24, 2.45) is 12.0 Å². The summed E-state index contributed by atoms with van der Waals surface area (Å²) in [5.74, 6) is 2.24. The van der Waals surface area contributed by atoms with E-state index in [0.717, 1.165) is 24.9 Å². The minimum absolute atomic E-state index is 0. The van der Waals surface area contributed by atoms with Crippen LogP contribution in [0.5, 0.6) is 0 Å². The molecule has 1 aliphatic rings. The highest BCUT2D eigenvalue weighted by molar-refractivity contribution is 14.0. The second-order valence-electron chi connectivity index (χ2n) is 6.16. The molecule has 0 amide bonds. The summed E-state index contributed by atoms with van der Waals surface area (Å²) in [5.41, 5.74) is 2.98. The highest BCUT2D eigenvalue weighted by Gasteiger charge is 2.19. The molecule has 1 unspecified atom stereocenters. The Labute approximate surface area is 166 Å². The first kappa shape index (κ1) is 19.7. The fourth-order valence-electron chi connectivity index (χ4n) is 3.24. The quantitative estimate of drug-likeness (QED) is 0.414. The Bertz CT molecular complexity index is 696. The van der Waals surface area contributed by atoms with Gasteiger partial charge in [-0.2, -0.15) is 5.10 Å². The molecule has 2 aromatic rings. The van der Waals surface area contributed by atoms with Gasteiger partial charge in [-0.3, -0.25) is 4.68 Å². The van der Waals surface area contributed by atoms with E-state index in [1.807, 2.05) is 7.05 Å². The molecule has 1 aromatic heterocycles. The minimum atomic E-state index is 0. The number of hydrogen-bond acceptors (Lipinski definition) is 3. The summed E-state index contributed by atoms with van der Waals surface area (Å²) in [4.78, 5) is 8.85. The van der Waals surface area contributed by atoms with Crippen molar-refractivity contribution in [2.45, 2.75) is 38.6 Å². The summed E-state index contributed by atoms with van der Waals surface area (Å²) in [6.45, 7) is 4.34. The number of aryl methyl sites for hydroxylation is 2.